The fourth-order valence-electron chi connectivity index (χ4n) is 3.88. The van der Waals surface area contributed by atoms with Gasteiger partial charge in [0.25, 0.3) is 5.69 Å². The Kier molecular flexibility index (Phi) is 6.06. The van der Waals surface area contributed by atoms with Crippen molar-refractivity contribution in [2.24, 2.45) is 5.92 Å². The summed E-state index contributed by atoms with van der Waals surface area (Å²) in [6, 6.07) is 6.35. The molecule has 32 heavy (non-hydrogen) atoms. The lowest BCUT2D eigenvalue weighted by atomic mass is 9.85. The van der Waals surface area contributed by atoms with Gasteiger partial charge >= 0.3 is 0 Å². The number of nitro groups is 1. The molecule has 0 bridgehead atoms. The van der Waals surface area contributed by atoms with Crippen molar-refractivity contribution in [3.63, 3.8) is 0 Å². The average molecular weight is 436 g/mol. The van der Waals surface area contributed by atoms with Crippen molar-refractivity contribution in [2.75, 3.05) is 24.7 Å². The Morgan fingerprint density at radius 1 is 1.16 bits per heavy atom. The van der Waals surface area contributed by atoms with Crippen LogP contribution >= 0.6 is 0 Å². The van der Waals surface area contributed by atoms with Crippen LogP contribution in [0.15, 0.2) is 36.8 Å². The van der Waals surface area contributed by atoms with E-state index in [0.717, 1.165) is 25.7 Å². The SMILES string of the molecule is CN(C)C(=O)[C@H]1CC[C@H](Nc2ncc3ncnc(Nc4cccc([N+](=O)[O-])c4)c3n2)CC1. The van der Waals surface area contributed by atoms with Gasteiger partial charge < -0.3 is 15.5 Å². The molecule has 1 aliphatic rings. The number of anilines is 3. The molecule has 166 valence electrons. The number of hydrogen-bond acceptors (Lipinski definition) is 9. The number of amides is 1. The third-order valence-corrected chi connectivity index (χ3v) is 5.55. The van der Waals surface area contributed by atoms with Gasteiger partial charge in [-0.05, 0) is 31.7 Å². The minimum Gasteiger partial charge on any atom is -0.351 e. The van der Waals surface area contributed by atoms with E-state index in [0.29, 0.717) is 28.5 Å². The minimum absolute atomic E-state index is 0.0197. The molecule has 0 aliphatic heterocycles. The van der Waals surface area contributed by atoms with E-state index in [-0.39, 0.29) is 23.6 Å². The molecular weight excluding hydrogens is 412 g/mol. The second kappa shape index (κ2) is 9.08. The molecule has 2 aromatic heterocycles. The van der Waals surface area contributed by atoms with Gasteiger partial charge in [0.1, 0.15) is 17.4 Å². The first kappa shape index (κ1) is 21.3. The quantitative estimate of drug-likeness (QED) is 0.440. The number of carbonyl (C=O) groups is 1. The van der Waals surface area contributed by atoms with Crippen LogP contribution in [0.3, 0.4) is 0 Å². The van der Waals surface area contributed by atoms with Crippen LogP contribution in [0.2, 0.25) is 0 Å². The lowest BCUT2D eigenvalue weighted by Crippen LogP contribution is -2.35. The zero-order valence-corrected chi connectivity index (χ0v) is 17.9. The van der Waals surface area contributed by atoms with E-state index in [1.807, 2.05) is 0 Å². The highest BCUT2D eigenvalue weighted by Gasteiger charge is 2.27. The minimum atomic E-state index is -0.450. The molecule has 0 atom stereocenters. The molecular formula is C21H24N8O3. The van der Waals surface area contributed by atoms with Crippen LogP contribution in [0.5, 0.6) is 0 Å². The maximum atomic E-state index is 12.2. The summed E-state index contributed by atoms with van der Waals surface area (Å²) in [6.45, 7) is 0. The van der Waals surface area contributed by atoms with E-state index in [9.17, 15) is 14.9 Å². The number of fused-ring (bicyclic) bond motifs is 1. The van der Waals surface area contributed by atoms with Gasteiger partial charge in [0.15, 0.2) is 5.82 Å². The molecule has 1 fully saturated rings. The van der Waals surface area contributed by atoms with Gasteiger partial charge in [-0.1, -0.05) is 6.07 Å². The standard InChI is InChI=1S/C21H24N8O3/c1-28(2)20(30)13-6-8-14(9-7-13)26-21-22-11-17-18(27-21)19(24-12-23-17)25-15-4-3-5-16(10-15)29(31)32/h3-5,10-14H,6-9H2,1-2H3,(H,22,26,27)(H,23,24,25)/t13-,14-. The van der Waals surface area contributed by atoms with Gasteiger partial charge in [-0.3, -0.25) is 14.9 Å². The second-order valence-corrected chi connectivity index (χ2v) is 8.01. The number of aromatic nitrogens is 4. The first-order chi connectivity index (χ1) is 15.4. The molecule has 1 aromatic carbocycles. The number of rotatable bonds is 6. The van der Waals surface area contributed by atoms with Gasteiger partial charge in [0.2, 0.25) is 11.9 Å². The number of hydrogen-bond donors (Lipinski definition) is 2. The molecule has 1 amide bonds. The summed E-state index contributed by atoms with van der Waals surface area (Å²) in [5, 5.41) is 17.5. The summed E-state index contributed by atoms with van der Waals surface area (Å²) < 4.78 is 0. The molecule has 1 saturated carbocycles. The van der Waals surface area contributed by atoms with Crippen LogP contribution in [0, 0.1) is 16.0 Å². The van der Waals surface area contributed by atoms with E-state index in [1.165, 1.54) is 18.5 Å². The summed E-state index contributed by atoms with van der Waals surface area (Å²) in [5.41, 5.74) is 1.57. The van der Waals surface area contributed by atoms with E-state index >= 15 is 0 Å². The molecule has 0 unspecified atom stereocenters. The fourth-order valence-corrected chi connectivity index (χ4v) is 3.88. The van der Waals surface area contributed by atoms with E-state index in [4.69, 9.17) is 0 Å². The number of non-ortho nitro benzene ring substituents is 1. The Hall–Kier alpha value is -3.89. The van der Waals surface area contributed by atoms with Gasteiger partial charge in [-0.2, -0.15) is 0 Å². The number of nitrogens with zero attached hydrogens (tertiary/aromatic N) is 6. The highest BCUT2D eigenvalue weighted by Crippen LogP contribution is 2.28. The first-order valence-electron chi connectivity index (χ1n) is 10.4. The number of nitro benzene ring substituents is 1. The van der Waals surface area contributed by atoms with Crippen molar-refractivity contribution in [1.82, 2.24) is 24.8 Å². The predicted molar refractivity (Wildman–Crippen MR) is 120 cm³/mol. The van der Waals surface area contributed by atoms with Crippen molar-refractivity contribution in [2.45, 2.75) is 31.7 Å². The van der Waals surface area contributed by atoms with Crippen LogP contribution in [-0.4, -0.2) is 55.8 Å². The van der Waals surface area contributed by atoms with Crippen LogP contribution in [0.25, 0.3) is 11.0 Å². The van der Waals surface area contributed by atoms with E-state index in [1.54, 1.807) is 37.3 Å². The summed E-state index contributed by atoms with van der Waals surface area (Å²) in [5.74, 6) is 1.14. The summed E-state index contributed by atoms with van der Waals surface area (Å²) in [4.78, 5) is 41.8. The third-order valence-electron chi connectivity index (χ3n) is 5.55. The fraction of sp³-hybridized carbons (Fsp3) is 0.381. The number of carbonyl (C=O) groups excluding carboxylic acids is 1. The summed E-state index contributed by atoms with van der Waals surface area (Å²) >= 11 is 0. The Balaban J connectivity index is 1.50. The molecule has 2 heterocycles. The van der Waals surface area contributed by atoms with Gasteiger partial charge in [0, 0.05) is 43.9 Å². The predicted octanol–water partition coefficient (Wildman–Crippen LogP) is 3.13. The zero-order valence-electron chi connectivity index (χ0n) is 17.9. The van der Waals surface area contributed by atoms with Crippen molar-refractivity contribution in [3.8, 4) is 0 Å². The highest BCUT2D eigenvalue weighted by atomic mass is 16.6. The largest absolute Gasteiger partial charge is 0.351 e. The van der Waals surface area contributed by atoms with Crippen molar-refractivity contribution in [1.29, 1.82) is 0 Å². The average Bonchev–Trinajstić information content (AvgIpc) is 2.79. The molecule has 4 rings (SSSR count). The molecule has 0 radical (unpaired) electrons. The lowest BCUT2D eigenvalue weighted by molar-refractivity contribution is -0.384. The van der Waals surface area contributed by atoms with E-state index in [2.05, 4.69) is 30.6 Å². The molecule has 2 N–H and O–H groups in total. The van der Waals surface area contributed by atoms with Gasteiger partial charge in [0.05, 0.1) is 11.1 Å². The van der Waals surface area contributed by atoms with Crippen molar-refractivity contribution < 1.29 is 9.72 Å². The molecule has 11 nitrogen and oxygen atoms in total. The zero-order chi connectivity index (χ0) is 22.7. The maximum absolute atomic E-state index is 12.2. The highest BCUT2D eigenvalue weighted by molar-refractivity contribution is 5.87. The third kappa shape index (κ3) is 4.71. The van der Waals surface area contributed by atoms with E-state index < -0.39 is 4.92 Å². The maximum Gasteiger partial charge on any atom is 0.271 e. The van der Waals surface area contributed by atoms with Crippen LogP contribution in [0.1, 0.15) is 25.7 Å². The molecule has 3 aromatic rings. The van der Waals surface area contributed by atoms with Crippen LogP contribution in [0.4, 0.5) is 23.1 Å². The first-order valence-corrected chi connectivity index (χ1v) is 10.4. The van der Waals surface area contributed by atoms with Crippen LogP contribution < -0.4 is 10.6 Å². The summed E-state index contributed by atoms with van der Waals surface area (Å²) in [6.07, 6.45) is 6.37. The monoisotopic (exact) mass is 436 g/mol. The summed E-state index contributed by atoms with van der Waals surface area (Å²) in [7, 11) is 3.58. The second-order valence-electron chi connectivity index (χ2n) is 8.01. The Morgan fingerprint density at radius 2 is 1.94 bits per heavy atom. The van der Waals surface area contributed by atoms with Crippen LogP contribution in [-0.2, 0) is 4.79 Å². The number of benzene rings is 1. The number of nitrogens with one attached hydrogen (secondary N) is 2. The smallest absolute Gasteiger partial charge is 0.271 e. The molecule has 1 aliphatic carbocycles. The Morgan fingerprint density at radius 3 is 2.66 bits per heavy atom. The molecule has 0 spiro atoms. The topological polar surface area (TPSA) is 139 Å². The molecule has 11 heteroatoms. The van der Waals surface area contributed by atoms with Crippen molar-refractivity contribution in [3.05, 3.63) is 46.9 Å². The Labute approximate surface area is 184 Å². The van der Waals surface area contributed by atoms with Crippen molar-refractivity contribution >= 4 is 40.1 Å². The van der Waals surface area contributed by atoms with Gasteiger partial charge in [-0.15, -0.1) is 0 Å². The molecule has 0 saturated heterocycles. The lowest BCUT2D eigenvalue weighted by Gasteiger charge is -2.29. The van der Waals surface area contributed by atoms with Gasteiger partial charge in [-0.25, -0.2) is 19.9 Å². The normalized spacial score (nSPS) is 18.2. The Bertz CT molecular complexity index is 1140.